The second-order valence-corrected chi connectivity index (χ2v) is 26.0. The molecule has 33 heteroatoms. The van der Waals surface area contributed by atoms with Crippen LogP contribution in [0.5, 0.6) is 46.0 Å². The second kappa shape index (κ2) is 48.1. The van der Waals surface area contributed by atoms with Crippen molar-refractivity contribution in [2.24, 2.45) is 20.0 Å². The van der Waals surface area contributed by atoms with Gasteiger partial charge in [0.15, 0.2) is 68.2 Å². The van der Waals surface area contributed by atoms with Gasteiger partial charge in [0.1, 0.15) is 46.6 Å². The SMILES string of the molecule is C.C.C.C.COCCOCCOCCOc1cccc(C2=N[C@@](C)(C(=O)O)CS2)c1O.COCCOCCOCCOc1cccc(C2=N[C@@](C)(C(=O)O)CS2)c1O.COCCOCCOc1cccc(C2=N[C@@](C)(C(=O)O)CS2)c1O.COCCOc1cccc(C2=N[C@@](C)(C(=O)O)CS2)c1O. The molecule has 0 unspecified atom stereocenters. The summed E-state index contributed by atoms with van der Waals surface area (Å²) < 4.78 is 68.2. The minimum absolute atomic E-state index is 0. The largest absolute Gasteiger partial charge is 0.504 e. The van der Waals surface area contributed by atoms with E-state index in [4.69, 9.17) is 61.6 Å². The number of carbonyl (C=O) groups is 4. The quantitative estimate of drug-likeness (QED) is 0.0193. The van der Waals surface area contributed by atoms with E-state index in [1.165, 1.54) is 47.0 Å². The Morgan fingerprint density at radius 1 is 0.320 bits per heavy atom. The number of phenolic OH excluding ortho intramolecular Hbond substituents is 4. The zero-order valence-corrected chi connectivity index (χ0v) is 59.7. The van der Waals surface area contributed by atoms with Gasteiger partial charge in [-0.1, -0.05) is 54.0 Å². The first kappa shape index (κ1) is 93.9. The van der Waals surface area contributed by atoms with Crippen LogP contribution in [0.15, 0.2) is 92.8 Å². The lowest BCUT2D eigenvalue weighted by molar-refractivity contribution is -0.142. The van der Waals surface area contributed by atoms with Gasteiger partial charge in [-0.3, -0.25) is 20.0 Å². The van der Waals surface area contributed by atoms with Gasteiger partial charge in [0.25, 0.3) is 0 Å². The zero-order valence-electron chi connectivity index (χ0n) is 56.4. The van der Waals surface area contributed by atoms with Gasteiger partial charge >= 0.3 is 23.9 Å². The van der Waals surface area contributed by atoms with Crippen molar-refractivity contribution in [3.8, 4) is 46.0 Å². The van der Waals surface area contributed by atoms with Crippen LogP contribution >= 0.6 is 47.0 Å². The van der Waals surface area contributed by atoms with E-state index in [2.05, 4.69) is 20.0 Å². The number of para-hydroxylation sites is 4. The van der Waals surface area contributed by atoms with Gasteiger partial charge in [0, 0.05) is 51.5 Å². The number of methoxy groups -OCH3 is 4. The van der Waals surface area contributed by atoms with Crippen molar-refractivity contribution in [3.63, 3.8) is 0 Å². The van der Waals surface area contributed by atoms with E-state index in [-0.39, 0.29) is 72.5 Å². The van der Waals surface area contributed by atoms with Gasteiger partial charge in [-0.15, -0.1) is 47.0 Å². The number of carboxylic acid groups (broad SMARTS) is 4. The fourth-order valence-corrected chi connectivity index (χ4v) is 13.0. The van der Waals surface area contributed by atoms with E-state index < -0.39 is 46.0 Å². The Morgan fingerprint density at radius 3 is 0.680 bits per heavy atom. The molecule has 0 saturated carbocycles. The Hall–Kier alpha value is -7.12. The van der Waals surface area contributed by atoms with Crippen molar-refractivity contribution in [2.75, 3.05) is 170 Å². The summed E-state index contributed by atoms with van der Waals surface area (Å²) in [7, 11) is 6.40. The molecule has 578 valence electrons. The van der Waals surface area contributed by atoms with E-state index in [0.717, 1.165) is 0 Å². The van der Waals surface area contributed by atoms with E-state index in [1.807, 2.05) is 0 Å². The van der Waals surface area contributed by atoms with E-state index in [0.29, 0.717) is 188 Å². The lowest BCUT2D eigenvalue weighted by Crippen LogP contribution is -2.33. The van der Waals surface area contributed by atoms with Crippen LogP contribution in [0.1, 0.15) is 79.7 Å². The number of carboxylic acids is 4. The highest BCUT2D eigenvalue weighted by Crippen LogP contribution is 2.42. The van der Waals surface area contributed by atoms with Crippen LogP contribution in [-0.2, 0) is 61.8 Å². The van der Waals surface area contributed by atoms with Crippen molar-refractivity contribution in [3.05, 3.63) is 95.1 Å². The summed E-state index contributed by atoms with van der Waals surface area (Å²) in [5.74, 6) is -1.55. The van der Waals surface area contributed by atoms with Gasteiger partial charge in [0.2, 0.25) is 0 Å². The Balaban J connectivity index is 0.000000681. The molecule has 0 aliphatic carbocycles. The van der Waals surface area contributed by atoms with Gasteiger partial charge in [0.05, 0.1) is 115 Å². The molecular formula is C70H104N4O25S4. The Kier molecular flexibility index (Phi) is 43.8. The zero-order chi connectivity index (χ0) is 72.4. The molecular weight excluding hydrogens is 1430 g/mol. The molecule has 0 amide bonds. The first-order chi connectivity index (χ1) is 47.4. The van der Waals surface area contributed by atoms with Crippen molar-refractivity contribution < 1.29 is 122 Å². The maximum atomic E-state index is 11.3. The summed E-state index contributed by atoms with van der Waals surface area (Å²) in [5, 5.41) is 80.5. The lowest BCUT2D eigenvalue weighted by atomic mass is 10.1. The second-order valence-electron chi connectivity index (χ2n) is 22.2. The number of aliphatic imine (C=N–C) groups is 4. The number of aromatic hydroxyl groups is 4. The van der Waals surface area contributed by atoms with Crippen molar-refractivity contribution >= 4 is 91.1 Å². The predicted molar refractivity (Wildman–Crippen MR) is 403 cm³/mol. The molecule has 29 nitrogen and oxygen atoms in total. The Bertz CT molecular complexity index is 3290. The highest BCUT2D eigenvalue weighted by Gasteiger charge is 2.42. The van der Waals surface area contributed by atoms with Gasteiger partial charge in [-0.2, -0.15) is 0 Å². The standard InChI is InChI=1S/2C18H25NO7S.C16H21NO6S.C14H17NO5S.4CH4/c2*1-18(17(21)22)12-27-16(19-18)13-4-3-5-14(15(13)20)26-11-10-25-9-8-24-7-6-23-2;1-16(15(19)20)10-24-14(17-16)11-4-3-5-12(13(11)18)23-9-8-22-7-6-21-2;1-14(13(17)18)8-21-12(15-14)9-4-3-5-10(11(9)16)20-7-6-19-2;;;;/h2*3-5,20H,6-12H2,1-2H3,(H,21,22);3-5,18H,6-10H2,1-2H3,(H,19,20);3-5,16H,6-8H2,1-2H3,(H,17,18);4*1H4/t2*18-;16-;14-;;;;/m1111..../s1. The molecule has 4 atom stereocenters. The van der Waals surface area contributed by atoms with Crippen molar-refractivity contribution in [1.29, 1.82) is 0 Å². The normalized spacial score (nSPS) is 19.0. The van der Waals surface area contributed by atoms with Crippen LogP contribution < -0.4 is 18.9 Å². The molecule has 0 radical (unpaired) electrons. The molecule has 4 aliphatic rings. The Labute approximate surface area is 620 Å². The van der Waals surface area contributed by atoms with Gasteiger partial charge < -0.3 is 102 Å². The number of nitrogens with zero attached hydrogens (tertiary/aromatic N) is 4. The monoisotopic (exact) mass is 1530 g/mol. The molecule has 4 aromatic carbocycles. The molecule has 0 bridgehead atoms. The van der Waals surface area contributed by atoms with Crippen LogP contribution in [0.25, 0.3) is 0 Å². The number of ether oxygens (including phenoxy) is 13. The third kappa shape index (κ3) is 29.0. The summed E-state index contributed by atoms with van der Waals surface area (Å²) in [5.41, 5.74) is -2.78. The fourth-order valence-electron chi connectivity index (χ4n) is 8.27. The van der Waals surface area contributed by atoms with Crippen molar-refractivity contribution in [1.82, 2.24) is 0 Å². The molecule has 0 aromatic heterocycles. The van der Waals surface area contributed by atoms with Crippen LogP contribution in [0, 0.1) is 0 Å². The number of hydrogen-bond acceptors (Lipinski definition) is 29. The maximum absolute atomic E-state index is 11.3. The number of rotatable bonds is 39. The molecule has 0 saturated heterocycles. The molecule has 0 spiro atoms. The van der Waals surface area contributed by atoms with Crippen molar-refractivity contribution in [2.45, 2.75) is 79.6 Å². The minimum atomic E-state index is -1.18. The molecule has 4 heterocycles. The summed E-state index contributed by atoms with van der Waals surface area (Å²) in [4.78, 5) is 62.1. The molecule has 0 fully saturated rings. The topological polar surface area (TPSA) is 400 Å². The number of thioether (sulfide) groups is 4. The lowest BCUT2D eigenvalue weighted by Gasteiger charge is -2.12. The third-order valence-electron chi connectivity index (χ3n) is 14.2. The number of phenols is 4. The fraction of sp³-hybridized carbons (Fsp3) is 0.543. The van der Waals surface area contributed by atoms with Crippen LogP contribution in [-0.4, -0.2) is 277 Å². The number of benzene rings is 4. The van der Waals surface area contributed by atoms with Crippen LogP contribution in [0.2, 0.25) is 0 Å². The minimum Gasteiger partial charge on any atom is -0.504 e. The van der Waals surface area contributed by atoms with Crippen LogP contribution in [0.4, 0.5) is 0 Å². The molecule has 4 aromatic rings. The van der Waals surface area contributed by atoms with Gasteiger partial charge in [-0.05, 0) is 76.2 Å². The third-order valence-corrected chi connectivity index (χ3v) is 19.3. The number of aliphatic carboxylic acids is 4. The summed E-state index contributed by atoms with van der Waals surface area (Å²) in [6.45, 7) is 13.9. The Morgan fingerprint density at radius 2 is 0.495 bits per heavy atom. The average Bonchev–Trinajstić information content (AvgIpc) is 1.71. The van der Waals surface area contributed by atoms with Crippen LogP contribution in [0.3, 0.4) is 0 Å². The summed E-state index contributed by atoms with van der Waals surface area (Å²) in [6.07, 6.45) is 0. The summed E-state index contributed by atoms with van der Waals surface area (Å²) >= 11 is 5.22. The molecule has 8 rings (SSSR count). The smallest absolute Gasteiger partial charge is 0.332 e. The average molecular weight is 1530 g/mol. The van der Waals surface area contributed by atoms with E-state index in [1.54, 1.807) is 129 Å². The maximum Gasteiger partial charge on any atom is 0.332 e. The van der Waals surface area contributed by atoms with E-state index in [9.17, 15) is 60.0 Å². The molecule has 103 heavy (non-hydrogen) atoms. The first-order valence-electron chi connectivity index (χ1n) is 30.9. The summed E-state index contributed by atoms with van der Waals surface area (Å²) in [6, 6.07) is 20.3. The van der Waals surface area contributed by atoms with Gasteiger partial charge in [-0.25, -0.2) is 19.2 Å². The van der Waals surface area contributed by atoms with E-state index >= 15 is 0 Å². The molecule has 8 N–H and O–H groups in total. The first-order valence-corrected chi connectivity index (χ1v) is 34.8. The highest BCUT2D eigenvalue weighted by atomic mass is 32.2. The molecule has 4 aliphatic heterocycles. The number of hydrogen-bond donors (Lipinski definition) is 8. The highest BCUT2D eigenvalue weighted by molar-refractivity contribution is 8.15. The predicted octanol–water partition coefficient (Wildman–Crippen LogP) is 9.64.